The van der Waals surface area contributed by atoms with E-state index in [-0.39, 0.29) is 5.91 Å². The van der Waals surface area contributed by atoms with Crippen LogP contribution in [0, 0.1) is 20.8 Å². The first-order chi connectivity index (χ1) is 14.5. The molecule has 0 saturated heterocycles. The van der Waals surface area contributed by atoms with Crippen LogP contribution in [0.3, 0.4) is 0 Å². The quantitative estimate of drug-likeness (QED) is 0.499. The van der Waals surface area contributed by atoms with Crippen LogP contribution >= 0.6 is 0 Å². The summed E-state index contributed by atoms with van der Waals surface area (Å²) in [5, 5.41) is 3.06. The molecule has 4 heteroatoms. The van der Waals surface area contributed by atoms with Gasteiger partial charge >= 0.3 is 0 Å². The van der Waals surface area contributed by atoms with Gasteiger partial charge in [-0.15, -0.1) is 0 Å². The number of hydrogen-bond acceptors (Lipinski definition) is 2. The van der Waals surface area contributed by atoms with Crippen LogP contribution in [0.25, 0.3) is 11.0 Å². The van der Waals surface area contributed by atoms with Crippen molar-refractivity contribution in [3.63, 3.8) is 0 Å². The van der Waals surface area contributed by atoms with Crippen molar-refractivity contribution in [2.24, 2.45) is 0 Å². The number of nitrogens with zero attached hydrogens (tertiary/aromatic N) is 2. The zero-order chi connectivity index (χ0) is 21.1. The van der Waals surface area contributed by atoms with E-state index in [9.17, 15) is 4.79 Å². The molecular weight excluding hydrogens is 370 g/mol. The van der Waals surface area contributed by atoms with Crippen LogP contribution in [-0.2, 0) is 13.0 Å². The van der Waals surface area contributed by atoms with E-state index in [2.05, 4.69) is 47.1 Å². The van der Waals surface area contributed by atoms with E-state index in [1.807, 2.05) is 50.2 Å². The van der Waals surface area contributed by atoms with Crippen LogP contribution in [-0.4, -0.2) is 22.0 Å². The normalized spacial score (nSPS) is 11.0. The van der Waals surface area contributed by atoms with Crippen LogP contribution in [0.15, 0.2) is 66.7 Å². The molecule has 1 heterocycles. The largest absolute Gasteiger partial charge is 0.352 e. The second-order valence-electron chi connectivity index (χ2n) is 7.92. The fourth-order valence-electron chi connectivity index (χ4n) is 3.94. The maximum atomic E-state index is 12.6. The Morgan fingerprint density at radius 2 is 1.73 bits per heavy atom. The number of benzene rings is 3. The minimum Gasteiger partial charge on any atom is -0.352 e. The highest BCUT2D eigenvalue weighted by atomic mass is 16.1. The fourth-order valence-corrected chi connectivity index (χ4v) is 3.94. The number of rotatable bonds is 6. The van der Waals surface area contributed by atoms with Crippen LogP contribution in [0.4, 0.5) is 0 Å². The Kier molecular flexibility index (Phi) is 5.66. The van der Waals surface area contributed by atoms with Gasteiger partial charge in [0.05, 0.1) is 11.0 Å². The summed E-state index contributed by atoms with van der Waals surface area (Å²) in [4.78, 5) is 17.5. The van der Waals surface area contributed by atoms with E-state index < -0.39 is 0 Å². The van der Waals surface area contributed by atoms with Gasteiger partial charge in [0, 0.05) is 25.1 Å². The van der Waals surface area contributed by atoms with Gasteiger partial charge in [0.15, 0.2) is 0 Å². The summed E-state index contributed by atoms with van der Waals surface area (Å²) < 4.78 is 2.26. The van der Waals surface area contributed by atoms with Crippen molar-refractivity contribution >= 4 is 16.9 Å². The predicted octanol–water partition coefficient (Wildman–Crippen LogP) is 4.98. The van der Waals surface area contributed by atoms with Crippen molar-refractivity contribution in [2.75, 3.05) is 6.54 Å². The Hall–Kier alpha value is -3.40. The number of carbonyl (C=O) groups is 1. The smallest absolute Gasteiger partial charge is 0.251 e. The SMILES string of the molecule is Cc1cccc(Cn2c(CCNC(=O)c3ccc(C)cc3C)nc3ccccc32)c1. The molecule has 1 N–H and O–H groups in total. The minimum absolute atomic E-state index is 0.0335. The van der Waals surface area contributed by atoms with Crippen molar-refractivity contribution in [2.45, 2.75) is 33.7 Å². The number of aromatic nitrogens is 2. The number of carbonyl (C=O) groups excluding carboxylic acids is 1. The molecule has 1 aromatic heterocycles. The molecule has 0 fully saturated rings. The van der Waals surface area contributed by atoms with Crippen LogP contribution < -0.4 is 5.32 Å². The van der Waals surface area contributed by atoms with Gasteiger partial charge in [0.25, 0.3) is 5.91 Å². The summed E-state index contributed by atoms with van der Waals surface area (Å²) in [7, 11) is 0. The molecule has 0 atom stereocenters. The first-order valence-corrected chi connectivity index (χ1v) is 10.4. The Balaban J connectivity index is 1.53. The van der Waals surface area contributed by atoms with Gasteiger partial charge in [0.2, 0.25) is 0 Å². The Morgan fingerprint density at radius 1 is 0.933 bits per heavy atom. The third-order valence-corrected chi connectivity index (χ3v) is 5.42. The molecule has 1 amide bonds. The zero-order valence-electron chi connectivity index (χ0n) is 17.8. The number of imidazole rings is 1. The maximum absolute atomic E-state index is 12.6. The molecule has 0 spiro atoms. The second-order valence-corrected chi connectivity index (χ2v) is 7.92. The van der Waals surface area contributed by atoms with Crippen molar-refractivity contribution in [3.05, 3.63) is 100 Å². The van der Waals surface area contributed by atoms with E-state index in [4.69, 9.17) is 4.98 Å². The number of aryl methyl sites for hydroxylation is 3. The van der Waals surface area contributed by atoms with Gasteiger partial charge < -0.3 is 9.88 Å². The molecular formula is C26H27N3O. The topological polar surface area (TPSA) is 46.9 Å². The molecule has 3 aromatic carbocycles. The minimum atomic E-state index is -0.0335. The van der Waals surface area contributed by atoms with Gasteiger partial charge in [-0.2, -0.15) is 0 Å². The lowest BCUT2D eigenvalue weighted by Gasteiger charge is -2.11. The van der Waals surface area contributed by atoms with E-state index in [1.165, 1.54) is 11.1 Å². The predicted molar refractivity (Wildman–Crippen MR) is 122 cm³/mol. The molecule has 30 heavy (non-hydrogen) atoms. The lowest BCUT2D eigenvalue weighted by Crippen LogP contribution is -2.27. The molecule has 0 saturated carbocycles. The van der Waals surface area contributed by atoms with E-state index in [1.54, 1.807) is 0 Å². The molecule has 0 bridgehead atoms. The molecule has 4 aromatic rings. The first kappa shape index (κ1) is 19.9. The second kappa shape index (κ2) is 8.54. The lowest BCUT2D eigenvalue weighted by molar-refractivity contribution is 0.0953. The molecule has 4 nitrogen and oxygen atoms in total. The average Bonchev–Trinajstić information content (AvgIpc) is 3.05. The number of amides is 1. The fraction of sp³-hybridized carbons (Fsp3) is 0.231. The zero-order valence-corrected chi connectivity index (χ0v) is 17.8. The van der Waals surface area contributed by atoms with Crippen LogP contribution in [0.1, 0.15) is 38.4 Å². The van der Waals surface area contributed by atoms with Crippen LogP contribution in [0.2, 0.25) is 0 Å². The monoisotopic (exact) mass is 397 g/mol. The summed E-state index contributed by atoms with van der Waals surface area (Å²) >= 11 is 0. The summed E-state index contributed by atoms with van der Waals surface area (Å²) in [6, 6.07) is 22.7. The summed E-state index contributed by atoms with van der Waals surface area (Å²) in [6.07, 6.45) is 0.678. The van der Waals surface area contributed by atoms with E-state index in [0.717, 1.165) is 40.1 Å². The third-order valence-electron chi connectivity index (χ3n) is 5.42. The summed E-state index contributed by atoms with van der Waals surface area (Å²) in [5.74, 6) is 0.951. The number of nitrogens with one attached hydrogen (secondary N) is 1. The Labute approximate surface area is 177 Å². The van der Waals surface area contributed by atoms with Gasteiger partial charge in [-0.05, 0) is 50.1 Å². The Bertz CT molecular complexity index is 1210. The van der Waals surface area contributed by atoms with E-state index in [0.29, 0.717) is 13.0 Å². The van der Waals surface area contributed by atoms with E-state index >= 15 is 0 Å². The number of para-hydroxylation sites is 2. The third kappa shape index (κ3) is 4.28. The average molecular weight is 398 g/mol. The van der Waals surface area contributed by atoms with Gasteiger partial charge in [0.1, 0.15) is 5.82 Å². The number of fused-ring (bicyclic) bond motifs is 1. The standard InChI is InChI=1S/C26H27N3O/c1-18-7-6-8-21(16-18)17-29-24-10-5-4-9-23(24)28-25(29)13-14-27-26(30)22-12-11-19(2)15-20(22)3/h4-12,15-16H,13-14,17H2,1-3H3,(H,27,30). The molecule has 0 aliphatic heterocycles. The molecule has 0 aliphatic rings. The van der Waals surface area contributed by atoms with Crippen LogP contribution in [0.5, 0.6) is 0 Å². The van der Waals surface area contributed by atoms with Crippen molar-refractivity contribution < 1.29 is 4.79 Å². The molecule has 0 radical (unpaired) electrons. The van der Waals surface area contributed by atoms with Gasteiger partial charge in [-0.3, -0.25) is 4.79 Å². The summed E-state index contributed by atoms with van der Waals surface area (Å²) in [6.45, 7) is 7.43. The molecule has 0 unspecified atom stereocenters. The highest BCUT2D eigenvalue weighted by molar-refractivity contribution is 5.95. The molecule has 0 aliphatic carbocycles. The van der Waals surface area contributed by atoms with Crippen molar-refractivity contribution in [3.8, 4) is 0 Å². The van der Waals surface area contributed by atoms with Crippen molar-refractivity contribution in [1.82, 2.24) is 14.9 Å². The van der Waals surface area contributed by atoms with Crippen molar-refractivity contribution in [1.29, 1.82) is 0 Å². The molecule has 4 rings (SSSR count). The summed E-state index contributed by atoms with van der Waals surface area (Å²) in [5.41, 5.74) is 7.50. The maximum Gasteiger partial charge on any atom is 0.251 e. The van der Waals surface area contributed by atoms with Gasteiger partial charge in [-0.1, -0.05) is 59.7 Å². The lowest BCUT2D eigenvalue weighted by atomic mass is 10.1. The van der Waals surface area contributed by atoms with Gasteiger partial charge in [-0.25, -0.2) is 4.98 Å². The highest BCUT2D eigenvalue weighted by Gasteiger charge is 2.13. The highest BCUT2D eigenvalue weighted by Crippen LogP contribution is 2.19. The molecule has 152 valence electrons. The number of hydrogen-bond donors (Lipinski definition) is 1. The first-order valence-electron chi connectivity index (χ1n) is 10.4. The Morgan fingerprint density at radius 3 is 2.53 bits per heavy atom.